The van der Waals surface area contributed by atoms with E-state index in [1.54, 1.807) is 0 Å². The Hall–Kier alpha value is -0.610. The summed E-state index contributed by atoms with van der Waals surface area (Å²) in [5.74, 6) is 0. The first-order chi connectivity index (χ1) is 5.42. The van der Waals surface area contributed by atoms with E-state index < -0.39 is 0 Å². The molecule has 0 saturated carbocycles. The van der Waals surface area contributed by atoms with Crippen molar-refractivity contribution in [3.63, 3.8) is 0 Å². The van der Waals surface area contributed by atoms with Gasteiger partial charge in [0.25, 0.3) is 0 Å². The highest BCUT2D eigenvalue weighted by atomic mass is 31.1. The van der Waals surface area contributed by atoms with E-state index >= 15 is 0 Å². The smallest absolute Gasteiger partial charge is 0.00506 e. The fourth-order valence-electron chi connectivity index (χ4n) is 1.27. The number of hydrogen-bond acceptors (Lipinski definition) is 0. The molecule has 0 amide bonds. The van der Waals surface area contributed by atoms with Crippen LogP contribution in [0.3, 0.4) is 0 Å². The Kier molecular flexibility index (Phi) is 1.79. The summed E-state index contributed by atoms with van der Waals surface area (Å²) in [7, 11) is 0.173. The lowest BCUT2D eigenvalue weighted by Gasteiger charge is -1.95. The van der Waals surface area contributed by atoms with Crippen LogP contribution >= 0.6 is 7.92 Å². The monoisotopic (exact) mass is 162 g/mol. The van der Waals surface area contributed by atoms with Crippen LogP contribution in [0, 0.1) is 0 Å². The highest BCUT2D eigenvalue weighted by Gasteiger charge is 2.34. The quantitative estimate of drug-likeness (QED) is 0.462. The topological polar surface area (TPSA) is 0 Å². The number of rotatable bonds is 2. The van der Waals surface area contributed by atoms with Crippen LogP contribution in [-0.4, -0.2) is 11.8 Å². The molecule has 0 aromatic heterocycles. The van der Waals surface area contributed by atoms with E-state index in [0.29, 0.717) is 0 Å². The SMILES string of the molecule is C=C[C@H]1C[P@@]1c1ccccc1. The molecule has 2 atom stereocenters. The van der Waals surface area contributed by atoms with Gasteiger partial charge in [-0.05, 0) is 11.5 Å². The molecule has 0 N–H and O–H groups in total. The number of hydrogen-bond donors (Lipinski definition) is 0. The maximum absolute atomic E-state index is 3.81. The lowest BCUT2D eigenvalue weighted by molar-refractivity contribution is 1.42. The van der Waals surface area contributed by atoms with Gasteiger partial charge in [-0.1, -0.05) is 44.3 Å². The average molecular weight is 162 g/mol. The van der Waals surface area contributed by atoms with Crippen LogP contribution in [0.2, 0.25) is 0 Å². The highest BCUT2D eigenvalue weighted by molar-refractivity contribution is 7.73. The third-order valence-electron chi connectivity index (χ3n) is 2.01. The van der Waals surface area contributed by atoms with E-state index in [2.05, 4.69) is 43.0 Å². The van der Waals surface area contributed by atoms with Gasteiger partial charge in [0.2, 0.25) is 0 Å². The predicted octanol–water partition coefficient (Wildman–Crippen LogP) is 2.36. The Labute approximate surface area is 68.7 Å². The largest absolute Gasteiger partial charge is 0.102 e. The standard InChI is InChI=1S/C10H11P/c1-2-9-8-11(9)10-6-4-3-5-7-10/h2-7,9H,1,8H2/t9-,11+/m0/s1. The van der Waals surface area contributed by atoms with Crippen LogP contribution < -0.4 is 5.30 Å². The Morgan fingerprint density at radius 3 is 2.64 bits per heavy atom. The fourth-order valence-corrected chi connectivity index (χ4v) is 3.38. The molecule has 1 aliphatic rings. The summed E-state index contributed by atoms with van der Waals surface area (Å²) in [5.41, 5.74) is 0.812. The molecule has 0 bridgehead atoms. The first-order valence-corrected chi connectivity index (χ1v) is 5.45. The van der Waals surface area contributed by atoms with E-state index in [9.17, 15) is 0 Å². The van der Waals surface area contributed by atoms with Crippen molar-refractivity contribution >= 4 is 13.2 Å². The molecule has 1 aromatic carbocycles. The van der Waals surface area contributed by atoms with Gasteiger partial charge in [0.15, 0.2) is 0 Å². The van der Waals surface area contributed by atoms with Crippen LogP contribution in [0.25, 0.3) is 0 Å². The molecule has 0 unspecified atom stereocenters. The second-order valence-corrected chi connectivity index (χ2v) is 5.28. The molecular weight excluding hydrogens is 151 g/mol. The second-order valence-electron chi connectivity index (χ2n) is 2.79. The Morgan fingerprint density at radius 2 is 2.09 bits per heavy atom. The highest BCUT2D eigenvalue weighted by Crippen LogP contribution is 2.57. The van der Waals surface area contributed by atoms with Gasteiger partial charge in [0.1, 0.15) is 0 Å². The van der Waals surface area contributed by atoms with Crippen molar-refractivity contribution in [1.82, 2.24) is 0 Å². The molecule has 0 aliphatic carbocycles. The molecular formula is C10H11P. The Morgan fingerprint density at radius 1 is 1.36 bits per heavy atom. The maximum Gasteiger partial charge on any atom is 0.00506 e. The second kappa shape index (κ2) is 2.79. The van der Waals surface area contributed by atoms with Gasteiger partial charge >= 0.3 is 0 Å². The van der Waals surface area contributed by atoms with Gasteiger partial charge in [-0.3, -0.25) is 0 Å². The summed E-state index contributed by atoms with van der Waals surface area (Å²) in [6.45, 7) is 3.81. The van der Waals surface area contributed by atoms with Crippen molar-refractivity contribution in [1.29, 1.82) is 0 Å². The minimum atomic E-state index is 0.173. The first-order valence-electron chi connectivity index (χ1n) is 3.86. The van der Waals surface area contributed by atoms with Crippen LogP contribution in [0.15, 0.2) is 43.0 Å². The van der Waals surface area contributed by atoms with Crippen LogP contribution in [-0.2, 0) is 0 Å². The van der Waals surface area contributed by atoms with Crippen molar-refractivity contribution in [3.8, 4) is 0 Å². The minimum Gasteiger partial charge on any atom is -0.102 e. The summed E-state index contributed by atoms with van der Waals surface area (Å²) in [6.07, 6.45) is 3.46. The Balaban J connectivity index is 2.14. The zero-order valence-electron chi connectivity index (χ0n) is 6.40. The summed E-state index contributed by atoms with van der Waals surface area (Å²) < 4.78 is 0. The van der Waals surface area contributed by atoms with Crippen molar-refractivity contribution in [3.05, 3.63) is 43.0 Å². The molecule has 56 valence electrons. The van der Waals surface area contributed by atoms with E-state index in [1.165, 1.54) is 11.5 Å². The van der Waals surface area contributed by atoms with E-state index in [0.717, 1.165) is 5.66 Å². The molecule has 0 nitrogen and oxygen atoms in total. The normalized spacial score (nSPS) is 28.0. The van der Waals surface area contributed by atoms with E-state index in [1.807, 2.05) is 0 Å². The minimum absolute atomic E-state index is 0.173. The molecule has 2 rings (SSSR count). The van der Waals surface area contributed by atoms with Gasteiger partial charge < -0.3 is 0 Å². The molecule has 0 radical (unpaired) electrons. The van der Waals surface area contributed by atoms with Gasteiger partial charge in [-0.15, -0.1) is 6.58 Å². The zero-order valence-corrected chi connectivity index (χ0v) is 7.30. The summed E-state index contributed by atoms with van der Waals surface area (Å²) in [5, 5.41) is 1.53. The van der Waals surface area contributed by atoms with Crippen molar-refractivity contribution in [2.24, 2.45) is 0 Å². The van der Waals surface area contributed by atoms with E-state index in [-0.39, 0.29) is 7.92 Å². The van der Waals surface area contributed by atoms with Crippen LogP contribution in [0.1, 0.15) is 0 Å². The van der Waals surface area contributed by atoms with E-state index in [4.69, 9.17) is 0 Å². The molecule has 1 aromatic rings. The molecule has 1 saturated heterocycles. The zero-order chi connectivity index (χ0) is 7.68. The fraction of sp³-hybridized carbons (Fsp3) is 0.200. The van der Waals surface area contributed by atoms with Gasteiger partial charge in [0, 0.05) is 5.66 Å². The van der Waals surface area contributed by atoms with Crippen LogP contribution in [0.4, 0.5) is 0 Å². The van der Waals surface area contributed by atoms with Crippen molar-refractivity contribution in [2.45, 2.75) is 5.66 Å². The summed E-state index contributed by atoms with van der Waals surface area (Å²) >= 11 is 0. The number of benzene rings is 1. The third-order valence-corrected chi connectivity index (χ3v) is 4.48. The molecule has 0 spiro atoms. The van der Waals surface area contributed by atoms with Crippen molar-refractivity contribution < 1.29 is 0 Å². The third kappa shape index (κ3) is 1.36. The maximum atomic E-state index is 3.81. The Bertz CT molecular complexity index is 253. The van der Waals surface area contributed by atoms with Gasteiger partial charge in [-0.2, -0.15) is 0 Å². The average Bonchev–Trinajstić information content (AvgIpc) is 2.85. The predicted molar refractivity (Wildman–Crippen MR) is 51.8 cm³/mol. The molecule has 1 aliphatic heterocycles. The number of allylic oxidation sites excluding steroid dienone is 1. The van der Waals surface area contributed by atoms with Crippen molar-refractivity contribution in [2.75, 3.05) is 6.16 Å². The lowest BCUT2D eigenvalue weighted by Crippen LogP contribution is -1.91. The first kappa shape index (κ1) is 7.06. The molecule has 11 heavy (non-hydrogen) atoms. The molecule has 1 fully saturated rings. The van der Waals surface area contributed by atoms with Gasteiger partial charge in [0.05, 0.1) is 0 Å². The molecule has 1 heteroatoms. The van der Waals surface area contributed by atoms with Gasteiger partial charge in [-0.25, -0.2) is 0 Å². The lowest BCUT2D eigenvalue weighted by atomic mass is 10.4. The van der Waals surface area contributed by atoms with Crippen LogP contribution in [0.5, 0.6) is 0 Å². The molecule has 1 heterocycles. The summed E-state index contributed by atoms with van der Waals surface area (Å²) in [4.78, 5) is 0. The summed E-state index contributed by atoms with van der Waals surface area (Å²) in [6, 6.07) is 10.8.